The largest absolute Gasteiger partial charge is 0.381 e. The average molecular weight is 433 g/mol. The van der Waals surface area contributed by atoms with Crippen LogP contribution in [0.1, 0.15) is 25.3 Å². The Labute approximate surface area is 183 Å². The molecule has 164 valence electrons. The number of anilines is 1. The van der Waals surface area contributed by atoms with Gasteiger partial charge in [0.15, 0.2) is 17.2 Å². The van der Waals surface area contributed by atoms with Gasteiger partial charge in [-0.1, -0.05) is 6.07 Å². The molecule has 4 heterocycles. The molecule has 3 aromatic heterocycles. The normalized spacial score (nSPS) is 14.8. The van der Waals surface area contributed by atoms with Gasteiger partial charge in [-0.25, -0.2) is 14.6 Å². The van der Waals surface area contributed by atoms with Gasteiger partial charge in [0, 0.05) is 25.8 Å². The highest BCUT2D eigenvalue weighted by Gasteiger charge is 2.24. The third-order valence-corrected chi connectivity index (χ3v) is 5.66. The van der Waals surface area contributed by atoms with E-state index >= 15 is 0 Å². The van der Waals surface area contributed by atoms with Crippen molar-refractivity contribution in [1.82, 2.24) is 29.1 Å². The van der Waals surface area contributed by atoms with Crippen molar-refractivity contribution < 1.29 is 4.74 Å². The van der Waals surface area contributed by atoms with Gasteiger partial charge in [0.2, 0.25) is 5.95 Å². The second-order valence-corrected chi connectivity index (χ2v) is 7.68. The number of hydrogen-bond acceptors (Lipinski definition) is 7. The summed E-state index contributed by atoms with van der Waals surface area (Å²) in [7, 11) is 0. The molecule has 0 saturated carbocycles. The van der Waals surface area contributed by atoms with Gasteiger partial charge in [0.05, 0.1) is 17.6 Å². The van der Waals surface area contributed by atoms with E-state index in [4.69, 9.17) is 27.0 Å². The Hall–Kier alpha value is -3.75. The molecule has 0 radical (unpaired) electrons. The van der Waals surface area contributed by atoms with Crippen LogP contribution in [-0.4, -0.2) is 55.4 Å². The molecule has 4 aromatic rings. The van der Waals surface area contributed by atoms with Gasteiger partial charge < -0.3 is 20.8 Å². The molecule has 1 fully saturated rings. The summed E-state index contributed by atoms with van der Waals surface area (Å²) < 4.78 is 8.92. The van der Waals surface area contributed by atoms with Crippen molar-refractivity contribution in [2.24, 2.45) is 5.73 Å². The van der Waals surface area contributed by atoms with E-state index in [-0.39, 0.29) is 11.7 Å². The second kappa shape index (κ2) is 8.41. The highest BCUT2D eigenvalue weighted by Crippen LogP contribution is 2.28. The third-order valence-electron chi connectivity index (χ3n) is 5.66. The highest BCUT2D eigenvalue weighted by molar-refractivity contribution is 5.85. The van der Waals surface area contributed by atoms with E-state index in [2.05, 4.69) is 20.1 Å². The van der Waals surface area contributed by atoms with E-state index in [1.807, 2.05) is 0 Å². The molecule has 32 heavy (non-hydrogen) atoms. The van der Waals surface area contributed by atoms with Crippen LogP contribution < -0.4 is 16.7 Å². The molecule has 11 heteroatoms. The van der Waals surface area contributed by atoms with Crippen molar-refractivity contribution in [2.75, 3.05) is 31.6 Å². The summed E-state index contributed by atoms with van der Waals surface area (Å²) in [5.41, 5.74) is 8.48. The second-order valence-electron chi connectivity index (χ2n) is 7.68. The minimum Gasteiger partial charge on any atom is -0.381 e. The SMILES string of the molecule is [C-]#[N+]c1ccc2ncn(-c3nc(NCCCN)c4[nH]c(=O)n(C5CCOCC5)c4n3)c2c1. The predicted octanol–water partition coefficient (Wildman–Crippen LogP) is 2.12. The topological polar surface area (TPSA) is 133 Å². The first-order chi connectivity index (χ1) is 15.7. The molecular weight excluding hydrogens is 410 g/mol. The molecule has 1 aliphatic heterocycles. The highest BCUT2D eigenvalue weighted by atomic mass is 16.5. The molecule has 0 aliphatic carbocycles. The Morgan fingerprint density at radius 3 is 2.94 bits per heavy atom. The number of benzene rings is 1. The molecule has 0 spiro atoms. The molecule has 0 atom stereocenters. The minimum absolute atomic E-state index is 0.00195. The van der Waals surface area contributed by atoms with Crippen LogP contribution in [0.5, 0.6) is 0 Å². The average Bonchev–Trinajstić information content (AvgIpc) is 3.39. The van der Waals surface area contributed by atoms with Crippen molar-refractivity contribution >= 4 is 33.7 Å². The summed E-state index contributed by atoms with van der Waals surface area (Å²) in [4.78, 5) is 33.2. The maximum atomic E-state index is 12.9. The summed E-state index contributed by atoms with van der Waals surface area (Å²) in [6.45, 7) is 9.68. The van der Waals surface area contributed by atoms with Crippen LogP contribution in [0.25, 0.3) is 33.0 Å². The first kappa shape index (κ1) is 20.2. The first-order valence-corrected chi connectivity index (χ1v) is 10.6. The summed E-state index contributed by atoms with van der Waals surface area (Å²) in [5.74, 6) is 0.904. The van der Waals surface area contributed by atoms with Crippen molar-refractivity contribution in [2.45, 2.75) is 25.3 Å². The molecule has 1 aromatic carbocycles. The van der Waals surface area contributed by atoms with Crippen molar-refractivity contribution in [3.8, 4) is 5.95 Å². The maximum Gasteiger partial charge on any atom is 0.328 e. The van der Waals surface area contributed by atoms with Crippen molar-refractivity contribution in [1.29, 1.82) is 0 Å². The molecule has 0 unspecified atom stereocenters. The summed E-state index contributed by atoms with van der Waals surface area (Å²) in [5, 5.41) is 3.28. The van der Waals surface area contributed by atoms with Gasteiger partial charge in [-0.2, -0.15) is 9.97 Å². The Bertz CT molecular complexity index is 1370. The van der Waals surface area contributed by atoms with Gasteiger partial charge in [0.25, 0.3) is 0 Å². The number of nitrogens with one attached hydrogen (secondary N) is 2. The zero-order valence-electron chi connectivity index (χ0n) is 17.4. The van der Waals surface area contributed by atoms with Crippen LogP contribution in [0.3, 0.4) is 0 Å². The number of rotatable bonds is 6. The van der Waals surface area contributed by atoms with Gasteiger partial charge in [-0.05, 0) is 37.9 Å². The smallest absolute Gasteiger partial charge is 0.328 e. The molecule has 1 aliphatic rings. The number of H-pyrrole nitrogens is 1. The fourth-order valence-electron chi connectivity index (χ4n) is 4.04. The zero-order valence-corrected chi connectivity index (χ0v) is 17.4. The standard InChI is InChI=1S/C21H23N9O2/c1-23-13-3-4-15-16(11-13)29(12-25-15)20-27-18(24-8-2-7-22)17-19(28-20)30(21(31)26-17)14-5-9-32-10-6-14/h3-4,11-12,14H,2,5-10,22H2,(H,26,31)(H,24,27,28). The molecule has 0 amide bonds. The van der Waals surface area contributed by atoms with Crippen LogP contribution in [0, 0.1) is 6.57 Å². The minimum atomic E-state index is -0.217. The van der Waals surface area contributed by atoms with Crippen LogP contribution in [-0.2, 0) is 4.74 Å². The van der Waals surface area contributed by atoms with Crippen LogP contribution >= 0.6 is 0 Å². The van der Waals surface area contributed by atoms with Crippen molar-refractivity contribution in [3.63, 3.8) is 0 Å². The van der Waals surface area contributed by atoms with Gasteiger partial charge in [0.1, 0.15) is 11.8 Å². The molecular formula is C21H23N9O2. The molecule has 4 N–H and O–H groups in total. The van der Waals surface area contributed by atoms with Gasteiger partial charge >= 0.3 is 5.69 Å². The third kappa shape index (κ3) is 3.49. The van der Waals surface area contributed by atoms with Crippen LogP contribution in [0.15, 0.2) is 29.3 Å². The summed E-state index contributed by atoms with van der Waals surface area (Å²) >= 11 is 0. The lowest BCUT2D eigenvalue weighted by atomic mass is 10.1. The zero-order chi connectivity index (χ0) is 22.1. The van der Waals surface area contributed by atoms with Gasteiger partial charge in [-0.3, -0.25) is 9.13 Å². The number of fused-ring (bicyclic) bond motifs is 2. The van der Waals surface area contributed by atoms with E-state index in [0.717, 1.165) is 30.3 Å². The van der Waals surface area contributed by atoms with Crippen LogP contribution in [0.2, 0.25) is 0 Å². The van der Waals surface area contributed by atoms with E-state index in [9.17, 15) is 4.79 Å². The van der Waals surface area contributed by atoms with Gasteiger partial charge in [-0.15, -0.1) is 0 Å². The lowest BCUT2D eigenvalue weighted by Gasteiger charge is -2.23. The number of imidazole rings is 2. The first-order valence-electron chi connectivity index (χ1n) is 10.6. The predicted molar refractivity (Wildman–Crippen MR) is 120 cm³/mol. The monoisotopic (exact) mass is 433 g/mol. The number of ether oxygens (including phenoxy) is 1. The Morgan fingerprint density at radius 1 is 1.31 bits per heavy atom. The quantitative estimate of drug-likeness (QED) is 0.313. The molecule has 11 nitrogen and oxygen atoms in total. The van der Waals surface area contributed by atoms with Crippen molar-refractivity contribution in [3.05, 3.63) is 46.4 Å². The van der Waals surface area contributed by atoms with E-state index in [1.165, 1.54) is 0 Å². The molecule has 1 saturated heterocycles. The summed E-state index contributed by atoms with van der Waals surface area (Å²) in [6.07, 6.45) is 3.87. The Kier molecular flexibility index (Phi) is 5.30. The Balaban J connectivity index is 1.71. The Morgan fingerprint density at radius 2 is 2.16 bits per heavy atom. The number of aromatic amines is 1. The number of aromatic nitrogens is 6. The van der Waals surface area contributed by atoms with Crippen LogP contribution in [0.4, 0.5) is 11.5 Å². The fraction of sp³-hybridized carbons (Fsp3) is 0.381. The lowest BCUT2D eigenvalue weighted by molar-refractivity contribution is 0.0697. The fourth-order valence-corrected chi connectivity index (χ4v) is 4.04. The van der Waals surface area contributed by atoms with E-state index in [0.29, 0.717) is 54.9 Å². The summed E-state index contributed by atoms with van der Waals surface area (Å²) in [6, 6.07) is 5.28. The lowest BCUT2D eigenvalue weighted by Crippen LogP contribution is -2.27. The molecule has 0 bridgehead atoms. The number of nitrogens with zero attached hydrogens (tertiary/aromatic N) is 6. The van der Waals surface area contributed by atoms with E-state index in [1.54, 1.807) is 33.7 Å². The molecule has 5 rings (SSSR count). The maximum absolute atomic E-state index is 12.9. The number of hydrogen-bond donors (Lipinski definition) is 3. The number of nitrogens with two attached hydrogens (primary N) is 1. The van der Waals surface area contributed by atoms with E-state index < -0.39 is 0 Å².